The molecule has 1 aliphatic rings. The number of rotatable bonds is 5. The number of carbonyl (C=O) groups is 1. The summed E-state index contributed by atoms with van der Waals surface area (Å²) in [5.74, 6) is -0.509. The van der Waals surface area contributed by atoms with Crippen LogP contribution >= 0.6 is 0 Å². The number of ether oxygens (including phenoxy) is 1. The van der Waals surface area contributed by atoms with Crippen molar-refractivity contribution in [3.8, 4) is 5.75 Å². The van der Waals surface area contributed by atoms with Gasteiger partial charge in [-0.25, -0.2) is 13.2 Å². The Hall–Kier alpha value is -1.86. The highest BCUT2D eigenvalue weighted by molar-refractivity contribution is 7.89. The first-order valence-corrected chi connectivity index (χ1v) is 8.88. The minimum absolute atomic E-state index is 0.0710. The van der Waals surface area contributed by atoms with E-state index in [9.17, 15) is 13.2 Å². The molecule has 1 N–H and O–H groups in total. The van der Waals surface area contributed by atoms with Crippen molar-refractivity contribution in [3.63, 3.8) is 0 Å². The van der Waals surface area contributed by atoms with Crippen LogP contribution in [0.25, 0.3) is 6.08 Å². The molecule has 0 aromatic heterocycles. The molecule has 1 saturated heterocycles. The Morgan fingerprint density at radius 3 is 2.78 bits per heavy atom. The topological polar surface area (TPSA) is 83.9 Å². The van der Waals surface area contributed by atoms with Crippen molar-refractivity contribution in [2.45, 2.75) is 24.7 Å². The average Bonchev–Trinajstić information content (AvgIpc) is 2.52. The Morgan fingerprint density at radius 1 is 1.43 bits per heavy atom. The van der Waals surface area contributed by atoms with E-state index in [1.54, 1.807) is 12.1 Å². The normalized spacial score (nSPS) is 19.8. The van der Waals surface area contributed by atoms with Crippen LogP contribution in [0.5, 0.6) is 5.75 Å². The lowest BCUT2D eigenvalue weighted by molar-refractivity contribution is -0.131. The van der Waals surface area contributed by atoms with Gasteiger partial charge in [-0.1, -0.05) is 13.0 Å². The van der Waals surface area contributed by atoms with Gasteiger partial charge in [0.25, 0.3) is 0 Å². The van der Waals surface area contributed by atoms with Gasteiger partial charge in [-0.05, 0) is 42.5 Å². The summed E-state index contributed by atoms with van der Waals surface area (Å²) in [6.45, 7) is 3.01. The van der Waals surface area contributed by atoms with Gasteiger partial charge in [0.15, 0.2) is 0 Å². The van der Waals surface area contributed by atoms with E-state index in [2.05, 4.69) is 0 Å². The van der Waals surface area contributed by atoms with E-state index >= 15 is 0 Å². The van der Waals surface area contributed by atoms with Gasteiger partial charge in [0.2, 0.25) is 10.0 Å². The SMILES string of the molecule is COc1ccc(/C=C/C(=O)O)cc1S(=O)(=O)N1CCC[C@H](C)C1. The van der Waals surface area contributed by atoms with Gasteiger partial charge >= 0.3 is 5.97 Å². The predicted molar refractivity (Wildman–Crippen MR) is 86.8 cm³/mol. The van der Waals surface area contributed by atoms with E-state index in [1.165, 1.54) is 23.6 Å². The molecule has 126 valence electrons. The van der Waals surface area contributed by atoms with Crippen molar-refractivity contribution in [3.05, 3.63) is 29.8 Å². The maximum Gasteiger partial charge on any atom is 0.328 e. The number of carboxylic acids is 1. The van der Waals surface area contributed by atoms with Gasteiger partial charge in [-0.2, -0.15) is 4.31 Å². The van der Waals surface area contributed by atoms with Crippen LogP contribution in [0, 0.1) is 5.92 Å². The average molecular weight is 339 g/mol. The lowest BCUT2D eigenvalue weighted by Gasteiger charge is -2.30. The molecule has 0 amide bonds. The molecule has 1 aromatic rings. The van der Waals surface area contributed by atoms with Crippen LogP contribution in [0.4, 0.5) is 0 Å². The van der Waals surface area contributed by atoms with Crippen LogP contribution < -0.4 is 4.74 Å². The van der Waals surface area contributed by atoms with Crippen molar-refractivity contribution in [2.24, 2.45) is 5.92 Å². The van der Waals surface area contributed by atoms with Crippen LogP contribution in [0.15, 0.2) is 29.2 Å². The Bertz CT molecular complexity index is 711. The first-order chi connectivity index (χ1) is 10.8. The summed E-state index contributed by atoms with van der Waals surface area (Å²) in [5, 5.41) is 8.70. The minimum atomic E-state index is -3.67. The molecule has 0 spiro atoms. The zero-order valence-corrected chi connectivity index (χ0v) is 14.0. The molecule has 0 unspecified atom stereocenters. The first-order valence-electron chi connectivity index (χ1n) is 7.44. The Labute approximate surface area is 136 Å². The molecular formula is C16H21NO5S. The zero-order valence-electron chi connectivity index (χ0n) is 13.2. The van der Waals surface area contributed by atoms with Crippen LogP contribution in [0.2, 0.25) is 0 Å². The van der Waals surface area contributed by atoms with Crippen molar-refractivity contribution in [1.82, 2.24) is 4.31 Å². The number of hydrogen-bond acceptors (Lipinski definition) is 4. The Balaban J connectivity index is 2.42. The fourth-order valence-corrected chi connectivity index (χ4v) is 4.46. The van der Waals surface area contributed by atoms with Crippen molar-refractivity contribution in [1.29, 1.82) is 0 Å². The fraction of sp³-hybridized carbons (Fsp3) is 0.438. The van der Waals surface area contributed by atoms with Crippen molar-refractivity contribution >= 4 is 22.1 Å². The Kier molecular flexibility index (Phi) is 5.43. The number of sulfonamides is 1. The molecule has 1 heterocycles. The molecule has 1 atom stereocenters. The highest BCUT2D eigenvalue weighted by Crippen LogP contribution is 2.30. The van der Waals surface area contributed by atoms with Crippen LogP contribution in [-0.4, -0.2) is 44.0 Å². The molecule has 2 rings (SSSR count). The number of benzene rings is 1. The predicted octanol–water partition coefficient (Wildman–Crippen LogP) is 2.21. The lowest BCUT2D eigenvalue weighted by atomic mass is 10.0. The van der Waals surface area contributed by atoms with E-state index in [-0.39, 0.29) is 10.6 Å². The summed E-state index contributed by atoms with van der Waals surface area (Å²) in [6, 6.07) is 4.62. The number of hydrogen-bond donors (Lipinski definition) is 1. The number of carboxylic acid groups (broad SMARTS) is 1. The molecule has 0 saturated carbocycles. The highest BCUT2D eigenvalue weighted by atomic mass is 32.2. The molecule has 6 nitrogen and oxygen atoms in total. The number of methoxy groups -OCH3 is 1. The smallest absolute Gasteiger partial charge is 0.328 e. The molecule has 1 fully saturated rings. The van der Waals surface area contributed by atoms with Gasteiger partial charge in [0, 0.05) is 19.2 Å². The molecule has 1 aromatic carbocycles. The molecule has 23 heavy (non-hydrogen) atoms. The lowest BCUT2D eigenvalue weighted by Crippen LogP contribution is -2.39. The standard InChI is InChI=1S/C16H21NO5S/c1-12-4-3-9-17(11-12)23(20,21)15-10-13(6-8-16(18)19)5-7-14(15)22-2/h5-8,10,12H,3-4,9,11H2,1-2H3,(H,18,19)/b8-6+/t12-/m0/s1. The van der Waals surface area contributed by atoms with E-state index in [0.29, 0.717) is 24.6 Å². The van der Waals surface area contributed by atoms with Crippen LogP contribution in [0.1, 0.15) is 25.3 Å². The number of aliphatic carboxylic acids is 1. The molecule has 0 aliphatic carbocycles. The molecule has 0 bridgehead atoms. The first kappa shape index (κ1) is 17.5. The van der Waals surface area contributed by atoms with E-state index in [0.717, 1.165) is 18.9 Å². The third-order valence-electron chi connectivity index (χ3n) is 3.84. The molecule has 0 radical (unpaired) electrons. The third-order valence-corrected chi connectivity index (χ3v) is 5.73. The third kappa shape index (κ3) is 4.11. The van der Waals surface area contributed by atoms with Gasteiger partial charge in [-0.3, -0.25) is 0 Å². The van der Waals surface area contributed by atoms with E-state index < -0.39 is 16.0 Å². The number of piperidine rings is 1. The quantitative estimate of drug-likeness (QED) is 0.832. The molecular weight excluding hydrogens is 318 g/mol. The molecule has 7 heteroatoms. The van der Waals surface area contributed by atoms with Crippen LogP contribution in [-0.2, 0) is 14.8 Å². The maximum atomic E-state index is 12.9. The monoisotopic (exact) mass is 339 g/mol. The number of nitrogens with zero attached hydrogens (tertiary/aromatic N) is 1. The second kappa shape index (κ2) is 7.14. The summed E-state index contributed by atoms with van der Waals surface area (Å²) in [7, 11) is -2.26. The van der Waals surface area contributed by atoms with Crippen molar-refractivity contribution < 1.29 is 23.1 Å². The van der Waals surface area contributed by atoms with Gasteiger partial charge in [0.1, 0.15) is 10.6 Å². The summed E-state index contributed by atoms with van der Waals surface area (Å²) in [6.07, 6.45) is 4.19. The highest BCUT2D eigenvalue weighted by Gasteiger charge is 2.31. The van der Waals surface area contributed by atoms with Gasteiger partial charge in [-0.15, -0.1) is 0 Å². The van der Waals surface area contributed by atoms with E-state index in [4.69, 9.17) is 9.84 Å². The summed E-state index contributed by atoms with van der Waals surface area (Å²) < 4.78 is 32.5. The fourth-order valence-electron chi connectivity index (χ4n) is 2.67. The second-order valence-corrected chi connectivity index (χ2v) is 7.60. The summed E-state index contributed by atoms with van der Waals surface area (Å²) in [4.78, 5) is 10.7. The summed E-state index contributed by atoms with van der Waals surface area (Å²) >= 11 is 0. The van der Waals surface area contributed by atoms with Crippen LogP contribution in [0.3, 0.4) is 0 Å². The molecule has 1 aliphatic heterocycles. The summed E-state index contributed by atoms with van der Waals surface area (Å²) in [5.41, 5.74) is 0.497. The zero-order chi connectivity index (χ0) is 17.0. The van der Waals surface area contributed by atoms with Gasteiger partial charge < -0.3 is 9.84 Å². The largest absolute Gasteiger partial charge is 0.495 e. The minimum Gasteiger partial charge on any atom is -0.495 e. The van der Waals surface area contributed by atoms with Gasteiger partial charge in [0.05, 0.1) is 7.11 Å². The van der Waals surface area contributed by atoms with E-state index in [1.807, 2.05) is 6.92 Å². The maximum absolute atomic E-state index is 12.9. The second-order valence-electron chi connectivity index (χ2n) is 5.69. The van der Waals surface area contributed by atoms with Crippen molar-refractivity contribution in [2.75, 3.05) is 20.2 Å². The Morgan fingerprint density at radius 2 is 2.17 bits per heavy atom.